The summed E-state index contributed by atoms with van der Waals surface area (Å²) in [4.78, 5) is 4.39. The van der Waals surface area contributed by atoms with Gasteiger partial charge in [-0.3, -0.25) is 0 Å². The normalized spacial score (nSPS) is 11.2. The number of anilines is 1. The second-order valence-electron chi connectivity index (χ2n) is 4.92. The average Bonchev–Trinajstić information content (AvgIpc) is 3.00. The summed E-state index contributed by atoms with van der Waals surface area (Å²) < 4.78 is 23.0. The lowest BCUT2D eigenvalue weighted by Crippen LogP contribution is -1.97. The van der Waals surface area contributed by atoms with Crippen molar-refractivity contribution in [3.63, 3.8) is 0 Å². The Balaban J connectivity index is 1.77. The van der Waals surface area contributed by atoms with E-state index in [-0.39, 0.29) is 6.61 Å². The van der Waals surface area contributed by atoms with Gasteiger partial charge in [0.1, 0.15) is 24.5 Å². The van der Waals surface area contributed by atoms with E-state index in [1.165, 1.54) is 0 Å². The van der Waals surface area contributed by atoms with Crippen molar-refractivity contribution < 1.29 is 13.5 Å². The molecule has 3 aromatic rings. The molecule has 4 nitrogen and oxygen atoms in total. The molecule has 2 aromatic carbocycles. The highest BCUT2D eigenvalue weighted by molar-refractivity contribution is 5.77. The predicted octanol–water partition coefficient (Wildman–Crippen LogP) is 4.39. The second kappa shape index (κ2) is 6.96. The second-order valence-corrected chi connectivity index (χ2v) is 4.92. The van der Waals surface area contributed by atoms with Gasteiger partial charge in [-0.2, -0.15) is 0 Å². The number of hydrogen-bond acceptors (Lipinski definition) is 4. The third-order valence-electron chi connectivity index (χ3n) is 3.34. The molecule has 0 saturated carbocycles. The van der Waals surface area contributed by atoms with Crippen LogP contribution in [0, 0.1) is 0 Å². The lowest BCUT2D eigenvalue weighted by atomic mass is 10.2. The summed E-state index contributed by atoms with van der Waals surface area (Å²) in [6, 6.07) is 13.3. The molecule has 5 heteroatoms. The number of fused-ring (bicyclic) bond motifs is 1. The van der Waals surface area contributed by atoms with Gasteiger partial charge >= 0.3 is 0 Å². The Bertz CT molecular complexity index is 810. The fourth-order valence-electron chi connectivity index (χ4n) is 2.17. The minimum Gasteiger partial charge on any atom is -0.491 e. The summed E-state index contributed by atoms with van der Waals surface area (Å²) in [6.45, 7) is -0.482. The molecule has 0 bridgehead atoms. The minimum atomic E-state index is -0.519. The Hall–Kier alpha value is -2.82. The van der Waals surface area contributed by atoms with Crippen molar-refractivity contribution in [2.75, 3.05) is 25.6 Å². The highest BCUT2D eigenvalue weighted by Crippen LogP contribution is 2.22. The zero-order valence-electron chi connectivity index (χ0n) is 12.8. The summed E-state index contributed by atoms with van der Waals surface area (Å²) in [6.07, 6.45) is 3.75. The molecular weight excluding hydrogens is 295 g/mol. The molecular formula is C18H17FN2O2. The van der Waals surface area contributed by atoms with E-state index in [1.807, 2.05) is 43.5 Å². The van der Waals surface area contributed by atoms with Crippen LogP contribution in [0.3, 0.4) is 0 Å². The number of ether oxygens (including phenoxy) is 1. The molecule has 0 atom stereocenters. The zero-order chi connectivity index (χ0) is 16.1. The number of halogens is 1. The van der Waals surface area contributed by atoms with E-state index < -0.39 is 6.67 Å². The molecule has 1 aromatic heterocycles. The first kappa shape index (κ1) is 15.1. The Morgan fingerprint density at radius 3 is 2.74 bits per heavy atom. The number of nitrogens with zero attached hydrogens (tertiary/aromatic N) is 1. The van der Waals surface area contributed by atoms with Crippen LogP contribution < -0.4 is 10.1 Å². The Kier molecular flexibility index (Phi) is 4.57. The SMILES string of the molecule is CNc1ccc(C=Cc2nc3ccc(OCCF)cc3o2)cc1. The lowest BCUT2D eigenvalue weighted by Gasteiger charge is -2.01. The number of aromatic nitrogens is 1. The van der Waals surface area contributed by atoms with Crippen LogP contribution >= 0.6 is 0 Å². The van der Waals surface area contributed by atoms with Crippen molar-refractivity contribution in [3.05, 3.63) is 53.9 Å². The van der Waals surface area contributed by atoms with Gasteiger partial charge < -0.3 is 14.5 Å². The molecule has 0 amide bonds. The maximum atomic E-state index is 12.1. The monoisotopic (exact) mass is 312 g/mol. The summed E-state index contributed by atoms with van der Waals surface area (Å²) in [7, 11) is 1.88. The molecule has 0 aliphatic rings. The van der Waals surface area contributed by atoms with Crippen LogP contribution in [0.4, 0.5) is 10.1 Å². The summed E-state index contributed by atoms with van der Waals surface area (Å²) in [5.74, 6) is 1.09. The van der Waals surface area contributed by atoms with Crippen molar-refractivity contribution in [2.24, 2.45) is 0 Å². The third-order valence-corrected chi connectivity index (χ3v) is 3.34. The number of alkyl halides is 1. The fraction of sp³-hybridized carbons (Fsp3) is 0.167. The molecule has 1 heterocycles. The van der Waals surface area contributed by atoms with Gasteiger partial charge in [-0.15, -0.1) is 0 Å². The van der Waals surface area contributed by atoms with E-state index in [1.54, 1.807) is 18.2 Å². The smallest absolute Gasteiger partial charge is 0.220 e. The first-order valence-corrected chi connectivity index (χ1v) is 7.34. The van der Waals surface area contributed by atoms with Crippen LogP contribution in [-0.2, 0) is 0 Å². The van der Waals surface area contributed by atoms with Crippen LogP contribution in [0.15, 0.2) is 46.9 Å². The topological polar surface area (TPSA) is 47.3 Å². The van der Waals surface area contributed by atoms with Gasteiger partial charge in [0.25, 0.3) is 0 Å². The van der Waals surface area contributed by atoms with Gasteiger partial charge in [-0.05, 0) is 35.9 Å². The fourth-order valence-corrected chi connectivity index (χ4v) is 2.17. The summed E-state index contributed by atoms with van der Waals surface area (Å²) in [5, 5.41) is 3.08. The number of oxazole rings is 1. The van der Waals surface area contributed by atoms with Crippen LogP contribution in [0.2, 0.25) is 0 Å². The van der Waals surface area contributed by atoms with Gasteiger partial charge in [0, 0.05) is 24.9 Å². The van der Waals surface area contributed by atoms with Crippen molar-refractivity contribution in [3.8, 4) is 5.75 Å². The van der Waals surface area contributed by atoms with Gasteiger partial charge in [-0.25, -0.2) is 9.37 Å². The van der Waals surface area contributed by atoms with E-state index in [0.29, 0.717) is 17.2 Å². The molecule has 0 radical (unpaired) electrons. The molecule has 0 aliphatic carbocycles. The molecule has 3 rings (SSSR count). The number of hydrogen-bond donors (Lipinski definition) is 1. The number of nitrogens with one attached hydrogen (secondary N) is 1. The van der Waals surface area contributed by atoms with Crippen LogP contribution in [0.1, 0.15) is 11.5 Å². The molecule has 118 valence electrons. The third kappa shape index (κ3) is 3.69. The Labute approximate surface area is 133 Å². The number of benzene rings is 2. The highest BCUT2D eigenvalue weighted by Gasteiger charge is 2.05. The molecule has 1 N–H and O–H groups in total. The maximum absolute atomic E-state index is 12.1. The van der Waals surface area contributed by atoms with Crippen molar-refractivity contribution in [1.29, 1.82) is 0 Å². The predicted molar refractivity (Wildman–Crippen MR) is 90.4 cm³/mol. The van der Waals surface area contributed by atoms with E-state index in [4.69, 9.17) is 9.15 Å². The van der Waals surface area contributed by atoms with E-state index in [9.17, 15) is 4.39 Å². The van der Waals surface area contributed by atoms with Gasteiger partial charge in [-0.1, -0.05) is 12.1 Å². The standard InChI is InChI=1S/C18H17FN2O2/c1-20-14-5-2-13(3-6-14)4-9-18-21-16-8-7-15(22-11-10-19)12-17(16)23-18/h2-9,12,20H,10-11H2,1H3. The average molecular weight is 312 g/mol. The van der Waals surface area contributed by atoms with Gasteiger partial charge in [0.05, 0.1) is 0 Å². The molecule has 0 aliphatic heterocycles. The van der Waals surface area contributed by atoms with Crippen molar-refractivity contribution in [1.82, 2.24) is 4.98 Å². The van der Waals surface area contributed by atoms with E-state index >= 15 is 0 Å². The van der Waals surface area contributed by atoms with Crippen LogP contribution in [0.5, 0.6) is 5.75 Å². The van der Waals surface area contributed by atoms with Crippen LogP contribution in [0.25, 0.3) is 23.3 Å². The Morgan fingerprint density at radius 1 is 1.17 bits per heavy atom. The van der Waals surface area contributed by atoms with E-state index in [0.717, 1.165) is 16.8 Å². The quantitative estimate of drug-likeness (QED) is 0.733. The molecule has 23 heavy (non-hydrogen) atoms. The first-order valence-electron chi connectivity index (χ1n) is 7.34. The molecule has 0 unspecified atom stereocenters. The van der Waals surface area contributed by atoms with Crippen LogP contribution in [-0.4, -0.2) is 25.3 Å². The lowest BCUT2D eigenvalue weighted by molar-refractivity contribution is 0.273. The minimum absolute atomic E-state index is 0.0367. The maximum Gasteiger partial charge on any atom is 0.220 e. The van der Waals surface area contributed by atoms with Crippen molar-refractivity contribution in [2.45, 2.75) is 0 Å². The summed E-state index contributed by atoms with van der Waals surface area (Å²) >= 11 is 0. The van der Waals surface area contributed by atoms with E-state index in [2.05, 4.69) is 10.3 Å². The largest absolute Gasteiger partial charge is 0.491 e. The number of rotatable bonds is 6. The van der Waals surface area contributed by atoms with Gasteiger partial charge in [0.15, 0.2) is 5.58 Å². The zero-order valence-corrected chi connectivity index (χ0v) is 12.8. The Morgan fingerprint density at radius 2 is 2.00 bits per heavy atom. The van der Waals surface area contributed by atoms with Gasteiger partial charge in [0.2, 0.25) is 5.89 Å². The highest BCUT2D eigenvalue weighted by atomic mass is 19.1. The molecule has 0 spiro atoms. The first-order chi connectivity index (χ1) is 11.3. The van der Waals surface area contributed by atoms with Crippen molar-refractivity contribution >= 4 is 28.9 Å². The molecule has 0 fully saturated rings. The summed E-state index contributed by atoms with van der Waals surface area (Å²) in [5.41, 5.74) is 3.47. The molecule has 0 saturated heterocycles.